The average Bonchev–Trinajstić information content (AvgIpc) is 2.97. The summed E-state index contributed by atoms with van der Waals surface area (Å²) in [4.78, 5) is 14.4. The predicted molar refractivity (Wildman–Crippen MR) is 91.5 cm³/mol. The van der Waals surface area contributed by atoms with Crippen molar-refractivity contribution in [2.45, 2.75) is 19.3 Å². The Kier molecular flexibility index (Phi) is 4.48. The summed E-state index contributed by atoms with van der Waals surface area (Å²) < 4.78 is 6.15. The third-order valence-corrected chi connectivity index (χ3v) is 4.65. The average molecular weight is 360 g/mol. The molecule has 0 atom stereocenters. The minimum Gasteiger partial charge on any atom is -0.496 e. The molecule has 2 aromatic rings. The number of methoxy groups -OCH3 is 1. The second-order valence-electron chi connectivity index (χ2n) is 5.39. The number of anilines is 1. The molecule has 2 aromatic carbocycles. The molecule has 0 unspecified atom stereocenters. The largest absolute Gasteiger partial charge is 0.496 e. The van der Waals surface area contributed by atoms with Crippen molar-refractivity contribution in [1.29, 1.82) is 0 Å². The van der Waals surface area contributed by atoms with Gasteiger partial charge in [-0.2, -0.15) is 0 Å². The fourth-order valence-electron chi connectivity index (χ4n) is 2.85. The Hall–Kier alpha value is -1.81. The van der Waals surface area contributed by atoms with Gasteiger partial charge < -0.3 is 9.64 Å². The molecule has 114 valence electrons. The molecule has 0 bridgehead atoms. The van der Waals surface area contributed by atoms with Crippen molar-refractivity contribution in [2.75, 3.05) is 18.6 Å². The molecule has 1 amide bonds. The van der Waals surface area contributed by atoms with Crippen LogP contribution < -0.4 is 9.64 Å². The van der Waals surface area contributed by atoms with Gasteiger partial charge in [0.25, 0.3) is 0 Å². The number of hydrogen-bond donors (Lipinski definition) is 0. The molecule has 0 aromatic heterocycles. The molecule has 22 heavy (non-hydrogen) atoms. The van der Waals surface area contributed by atoms with Crippen LogP contribution in [0.15, 0.2) is 46.9 Å². The number of hydrogen-bond acceptors (Lipinski definition) is 2. The van der Waals surface area contributed by atoms with E-state index in [2.05, 4.69) is 22.0 Å². The van der Waals surface area contributed by atoms with Gasteiger partial charge in [0.15, 0.2) is 0 Å². The van der Waals surface area contributed by atoms with Crippen LogP contribution in [-0.2, 0) is 17.6 Å². The van der Waals surface area contributed by atoms with E-state index in [0.717, 1.165) is 40.9 Å². The maximum Gasteiger partial charge on any atom is 0.227 e. The van der Waals surface area contributed by atoms with Gasteiger partial charge in [0.2, 0.25) is 5.91 Å². The zero-order chi connectivity index (χ0) is 15.5. The second kappa shape index (κ2) is 6.53. The molecule has 0 aliphatic carbocycles. The number of ether oxygens (including phenoxy) is 1. The van der Waals surface area contributed by atoms with E-state index in [-0.39, 0.29) is 5.91 Å². The third-order valence-electron chi connectivity index (χ3n) is 4.03. The molecule has 0 spiro atoms. The van der Waals surface area contributed by atoms with E-state index in [4.69, 9.17) is 4.74 Å². The van der Waals surface area contributed by atoms with Crippen LogP contribution in [0.3, 0.4) is 0 Å². The quantitative estimate of drug-likeness (QED) is 0.826. The molecule has 0 radical (unpaired) electrons. The zero-order valence-corrected chi connectivity index (χ0v) is 14.1. The lowest BCUT2D eigenvalue weighted by atomic mass is 10.1. The van der Waals surface area contributed by atoms with Gasteiger partial charge in [-0.1, -0.05) is 24.3 Å². The molecule has 3 nitrogen and oxygen atoms in total. The maximum absolute atomic E-state index is 12.5. The zero-order valence-electron chi connectivity index (χ0n) is 12.5. The SMILES string of the molecule is COc1ccc(CCC(=O)N2CCc3ccccc32)cc1Br. The molecule has 1 aliphatic rings. The fourth-order valence-corrected chi connectivity index (χ4v) is 3.44. The van der Waals surface area contributed by atoms with Crippen molar-refractivity contribution < 1.29 is 9.53 Å². The number of fused-ring (bicyclic) bond motifs is 1. The molecule has 1 aliphatic heterocycles. The van der Waals surface area contributed by atoms with Crippen LogP contribution in [0.2, 0.25) is 0 Å². The Bertz CT molecular complexity index is 699. The first kappa shape index (κ1) is 15.1. The first-order chi connectivity index (χ1) is 10.7. The number of nitrogens with zero attached hydrogens (tertiary/aromatic N) is 1. The lowest BCUT2D eigenvalue weighted by molar-refractivity contribution is -0.118. The van der Waals surface area contributed by atoms with E-state index >= 15 is 0 Å². The number of rotatable bonds is 4. The van der Waals surface area contributed by atoms with Crippen LogP contribution in [0.5, 0.6) is 5.75 Å². The number of amides is 1. The van der Waals surface area contributed by atoms with Gasteiger partial charge in [-0.05, 0) is 58.1 Å². The van der Waals surface area contributed by atoms with Crippen molar-refractivity contribution in [3.8, 4) is 5.75 Å². The summed E-state index contributed by atoms with van der Waals surface area (Å²) in [5, 5.41) is 0. The normalized spacial score (nSPS) is 13.1. The number of halogens is 1. The van der Waals surface area contributed by atoms with Crippen LogP contribution in [0.25, 0.3) is 0 Å². The van der Waals surface area contributed by atoms with Gasteiger partial charge >= 0.3 is 0 Å². The number of para-hydroxylation sites is 1. The first-order valence-corrected chi connectivity index (χ1v) is 8.19. The van der Waals surface area contributed by atoms with Crippen LogP contribution in [0, 0.1) is 0 Å². The van der Waals surface area contributed by atoms with Crippen molar-refractivity contribution in [1.82, 2.24) is 0 Å². The Morgan fingerprint density at radius 2 is 2.09 bits per heavy atom. The molecular weight excluding hydrogens is 342 g/mol. The minimum atomic E-state index is 0.192. The molecule has 3 rings (SSSR count). The third kappa shape index (κ3) is 3.02. The highest BCUT2D eigenvalue weighted by Gasteiger charge is 2.23. The maximum atomic E-state index is 12.5. The Morgan fingerprint density at radius 3 is 2.86 bits per heavy atom. The van der Waals surface area contributed by atoms with Crippen LogP contribution in [0.1, 0.15) is 17.5 Å². The van der Waals surface area contributed by atoms with Crippen molar-refractivity contribution in [3.05, 3.63) is 58.1 Å². The smallest absolute Gasteiger partial charge is 0.227 e. The summed E-state index contributed by atoms with van der Waals surface area (Å²) in [7, 11) is 1.65. The Labute approximate surface area is 139 Å². The molecule has 0 saturated carbocycles. The summed E-state index contributed by atoms with van der Waals surface area (Å²) >= 11 is 3.48. The van der Waals surface area contributed by atoms with Crippen molar-refractivity contribution >= 4 is 27.5 Å². The lowest BCUT2D eigenvalue weighted by Gasteiger charge is -2.17. The fraction of sp³-hybridized carbons (Fsp3) is 0.278. The summed E-state index contributed by atoms with van der Waals surface area (Å²) in [6.45, 7) is 0.796. The number of benzene rings is 2. The van der Waals surface area contributed by atoms with Crippen LogP contribution in [0.4, 0.5) is 5.69 Å². The van der Waals surface area contributed by atoms with E-state index in [1.165, 1.54) is 5.56 Å². The number of carbonyl (C=O) groups is 1. The first-order valence-electron chi connectivity index (χ1n) is 7.39. The predicted octanol–water partition coefficient (Wildman–Crippen LogP) is 3.98. The van der Waals surface area contributed by atoms with Crippen LogP contribution in [-0.4, -0.2) is 19.6 Å². The molecule has 0 saturated heterocycles. The standard InChI is InChI=1S/C18H18BrNO2/c1-22-17-8-6-13(12-15(17)19)7-9-18(21)20-11-10-14-4-2-3-5-16(14)20/h2-6,8,12H,7,9-11H2,1H3. The lowest BCUT2D eigenvalue weighted by Crippen LogP contribution is -2.29. The van der Waals surface area contributed by atoms with Crippen LogP contribution >= 0.6 is 15.9 Å². The number of carbonyl (C=O) groups excluding carboxylic acids is 1. The molecule has 0 fully saturated rings. The van der Waals surface area contributed by atoms with Crippen molar-refractivity contribution in [2.24, 2.45) is 0 Å². The van der Waals surface area contributed by atoms with Gasteiger partial charge in [-0.25, -0.2) is 0 Å². The Morgan fingerprint density at radius 1 is 1.27 bits per heavy atom. The van der Waals surface area contributed by atoms with E-state index in [0.29, 0.717) is 6.42 Å². The van der Waals surface area contributed by atoms with E-state index in [9.17, 15) is 4.79 Å². The van der Waals surface area contributed by atoms with Gasteiger partial charge in [-0.15, -0.1) is 0 Å². The Balaban J connectivity index is 1.65. The van der Waals surface area contributed by atoms with Gasteiger partial charge in [-0.3, -0.25) is 4.79 Å². The monoisotopic (exact) mass is 359 g/mol. The summed E-state index contributed by atoms with van der Waals surface area (Å²) in [5.74, 6) is 1.00. The highest BCUT2D eigenvalue weighted by Crippen LogP contribution is 2.29. The highest BCUT2D eigenvalue weighted by atomic mass is 79.9. The molecule has 4 heteroatoms. The topological polar surface area (TPSA) is 29.5 Å². The molecule has 1 heterocycles. The van der Waals surface area contributed by atoms with Gasteiger partial charge in [0, 0.05) is 18.7 Å². The van der Waals surface area contributed by atoms with E-state index < -0.39 is 0 Å². The summed E-state index contributed by atoms with van der Waals surface area (Å²) in [6, 6.07) is 14.1. The number of aryl methyl sites for hydroxylation is 1. The summed E-state index contributed by atoms with van der Waals surface area (Å²) in [6.07, 6.45) is 2.21. The second-order valence-corrected chi connectivity index (χ2v) is 6.25. The molecular formula is C18H18BrNO2. The highest BCUT2D eigenvalue weighted by molar-refractivity contribution is 9.10. The van der Waals surface area contributed by atoms with E-state index in [1.807, 2.05) is 41.3 Å². The van der Waals surface area contributed by atoms with Gasteiger partial charge in [0.05, 0.1) is 11.6 Å². The van der Waals surface area contributed by atoms with E-state index in [1.54, 1.807) is 7.11 Å². The van der Waals surface area contributed by atoms with Crippen molar-refractivity contribution in [3.63, 3.8) is 0 Å². The van der Waals surface area contributed by atoms with Gasteiger partial charge in [0.1, 0.15) is 5.75 Å². The summed E-state index contributed by atoms with van der Waals surface area (Å²) in [5.41, 5.74) is 3.47. The molecule has 0 N–H and O–H groups in total. The minimum absolute atomic E-state index is 0.192.